The summed E-state index contributed by atoms with van der Waals surface area (Å²) in [5, 5.41) is 0. The van der Waals surface area contributed by atoms with Crippen LogP contribution >= 0.6 is 0 Å². The quantitative estimate of drug-likeness (QED) is 0.711. The van der Waals surface area contributed by atoms with Gasteiger partial charge in [-0.05, 0) is 43.7 Å². The highest BCUT2D eigenvalue weighted by atomic mass is 14.9. The van der Waals surface area contributed by atoms with Crippen molar-refractivity contribution in [3.63, 3.8) is 0 Å². The summed E-state index contributed by atoms with van der Waals surface area (Å²) in [6, 6.07) is 9.70. The largest absolute Gasteiger partial charge is 0.264 e. The van der Waals surface area contributed by atoms with Gasteiger partial charge in [0.25, 0.3) is 0 Å². The lowest BCUT2D eigenvalue weighted by atomic mass is 10.1. The standard InChI is InChI=1S/C16H14N4/c1-11-6-8-17-10-13(11)14-7-9-18-16(20-14)15-5-3-4-12(2)19-15/h3-10H,1-2H3. The normalized spacial score (nSPS) is 10.5. The highest BCUT2D eigenvalue weighted by molar-refractivity contribution is 5.64. The molecule has 3 aromatic heterocycles. The number of pyridine rings is 2. The van der Waals surface area contributed by atoms with Gasteiger partial charge in [-0.25, -0.2) is 15.0 Å². The molecule has 0 aliphatic carbocycles. The number of aryl methyl sites for hydroxylation is 2. The molecular formula is C16H14N4. The molecule has 0 aromatic carbocycles. The Morgan fingerprint density at radius 1 is 0.850 bits per heavy atom. The molecule has 4 heteroatoms. The lowest BCUT2D eigenvalue weighted by molar-refractivity contribution is 1.11. The van der Waals surface area contributed by atoms with Gasteiger partial charge in [0.2, 0.25) is 0 Å². The van der Waals surface area contributed by atoms with E-state index in [0.29, 0.717) is 5.82 Å². The minimum absolute atomic E-state index is 0.634. The van der Waals surface area contributed by atoms with Gasteiger partial charge in [-0.2, -0.15) is 0 Å². The van der Waals surface area contributed by atoms with Crippen LogP contribution < -0.4 is 0 Å². The molecule has 0 aliphatic heterocycles. The number of hydrogen-bond donors (Lipinski definition) is 0. The van der Waals surface area contributed by atoms with Crippen LogP contribution in [-0.2, 0) is 0 Å². The molecule has 0 amide bonds. The predicted molar refractivity (Wildman–Crippen MR) is 78.0 cm³/mol. The molecule has 3 heterocycles. The van der Waals surface area contributed by atoms with Gasteiger partial charge >= 0.3 is 0 Å². The summed E-state index contributed by atoms with van der Waals surface area (Å²) in [7, 11) is 0. The molecule has 0 atom stereocenters. The van der Waals surface area contributed by atoms with Gasteiger partial charge in [-0.1, -0.05) is 6.07 Å². The first-order valence-electron chi connectivity index (χ1n) is 6.42. The van der Waals surface area contributed by atoms with Crippen LogP contribution in [0.2, 0.25) is 0 Å². The molecule has 0 aliphatic rings. The first-order valence-corrected chi connectivity index (χ1v) is 6.42. The number of rotatable bonds is 2. The molecule has 4 nitrogen and oxygen atoms in total. The first-order chi connectivity index (χ1) is 9.74. The van der Waals surface area contributed by atoms with Crippen LogP contribution in [0.25, 0.3) is 22.8 Å². The summed E-state index contributed by atoms with van der Waals surface area (Å²) in [4.78, 5) is 17.5. The van der Waals surface area contributed by atoms with E-state index in [1.807, 2.05) is 50.4 Å². The van der Waals surface area contributed by atoms with Gasteiger partial charge in [-0.3, -0.25) is 4.98 Å². The predicted octanol–water partition coefficient (Wildman–Crippen LogP) is 3.22. The maximum absolute atomic E-state index is 4.60. The van der Waals surface area contributed by atoms with Crippen LogP contribution in [-0.4, -0.2) is 19.9 Å². The fourth-order valence-corrected chi connectivity index (χ4v) is 2.03. The molecular weight excluding hydrogens is 248 g/mol. The van der Waals surface area contributed by atoms with Gasteiger partial charge in [0.1, 0.15) is 5.69 Å². The van der Waals surface area contributed by atoms with E-state index in [2.05, 4.69) is 19.9 Å². The van der Waals surface area contributed by atoms with Crippen molar-refractivity contribution in [2.24, 2.45) is 0 Å². The summed E-state index contributed by atoms with van der Waals surface area (Å²) in [6.07, 6.45) is 5.36. The highest BCUT2D eigenvalue weighted by Crippen LogP contribution is 2.21. The minimum Gasteiger partial charge on any atom is -0.264 e. The summed E-state index contributed by atoms with van der Waals surface area (Å²) in [5.74, 6) is 0.634. The van der Waals surface area contributed by atoms with Crippen LogP contribution in [0.5, 0.6) is 0 Å². The lowest BCUT2D eigenvalue weighted by Crippen LogP contribution is -1.95. The Kier molecular flexibility index (Phi) is 3.21. The van der Waals surface area contributed by atoms with Crippen molar-refractivity contribution in [1.82, 2.24) is 19.9 Å². The second-order valence-corrected chi connectivity index (χ2v) is 4.62. The zero-order chi connectivity index (χ0) is 13.9. The molecule has 0 spiro atoms. The van der Waals surface area contributed by atoms with E-state index in [0.717, 1.165) is 28.2 Å². The third kappa shape index (κ3) is 2.40. The fourth-order valence-electron chi connectivity index (χ4n) is 2.03. The maximum Gasteiger partial charge on any atom is 0.178 e. The second kappa shape index (κ2) is 5.17. The van der Waals surface area contributed by atoms with E-state index in [4.69, 9.17) is 0 Å². The third-order valence-electron chi connectivity index (χ3n) is 3.09. The molecule has 0 N–H and O–H groups in total. The summed E-state index contributed by atoms with van der Waals surface area (Å²) in [6.45, 7) is 4.00. The van der Waals surface area contributed by atoms with Crippen molar-refractivity contribution < 1.29 is 0 Å². The van der Waals surface area contributed by atoms with Crippen molar-refractivity contribution in [2.75, 3.05) is 0 Å². The van der Waals surface area contributed by atoms with E-state index < -0.39 is 0 Å². The van der Waals surface area contributed by atoms with E-state index >= 15 is 0 Å². The molecule has 0 unspecified atom stereocenters. The van der Waals surface area contributed by atoms with E-state index in [1.165, 1.54) is 0 Å². The Morgan fingerprint density at radius 3 is 2.55 bits per heavy atom. The first kappa shape index (κ1) is 12.4. The lowest BCUT2D eigenvalue weighted by Gasteiger charge is -2.06. The van der Waals surface area contributed by atoms with Gasteiger partial charge in [0, 0.05) is 29.8 Å². The molecule has 3 rings (SSSR count). The molecule has 3 aromatic rings. The zero-order valence-corrected chi connectivity index (χ0v) is 11.4. The van der Waals surface area contributed by atoms with E-state index in [1.54, 1.807) is 12.4 Å². The Labute approximate surface area is 117 Å². The SMILES string of the molecule is Cc1cccc(-c2nccc(-c3cnccc3C)n2)n1. The summed E-state index contributed by atoms with van der Waals surface area (Å²) >= 11 is 0. The number of nitrogens with zero attached hydrogens (tertiary/aromatic N) is 4. The second-order valence-electron chi connectivity index (χ2n) is 4.62. The zero-order valence-electron chi connectivity index (χ0n) is 11.4. The number of aromatic nitrogens is 4. The topological polar surface area (TPSA) is 51.6 Å². The van der Waals surface area contributed by atoms with Gasteiger partial charge < -0.3 is 0 Å². The molecule has 0 bridgehead atoms. The average molecular weight is 262 g/mol. The van der Waals surface area contributed by atoms with Crippen LogP contribution in [0.3, 0.4) is 0 Å². The molecule has 20 heavy (non-hydrogen) atoms. The third-order valence-corrected chi connectivity index (χ3v) is 3.09. The van der Waals surface area contributed by atoms with Crippen molar-refractivity contribution in [1.29, 1.82) is 0 Å². The fraction of sp³-hybridized carbons (Fsp3) is 0.125. The highest BCUT2D eigenvalue weighted by Gasteiger charge is 2.07. The molecule has 0 radical (unpaired) electrons. The molecule has 98 valence electrons. The van der Waals surface area contributed by atoms with Crippen molar-refractivity contribution in [2.45, 2.75) is 13.8 Å². The van der Waals surface area contributed by atoms with Crippen LogP contribution in [0.15, 0.2) is 48.9 Å². The van der Waals surface area contributed by atoms with Gasteiger partial charge in [0.05, 0.1) is 5.69 Å². The Morgan fingerprint density at radius 2 is 1.75 bits per heavy atom. The van der Waals surface area contributed by atoms with Crippen molar-refractivity contribution in [3.8, 4) is 22.8 Å². The minimum atomic E-state index is 0.634. The molecule has 0 saturated carbocycles. The summed E-state index contributed by atoms with van der Waals surface area (Å²) in [5.41, 5.74) is 4.76. The van der Waals surface area contributed by atoms with Crippen LogP contribution in [0.1, 0.15) is 11.3 Å². The van der Waals surface area contributed by atoms with Gasteiger partial charge in [0.15, 0.2) is 5.82 Å². The monoisotopic (exact) mass is 262 g/mol. The van der Waals surface area contributed by atoms with Gasteiger partial charge in [-0.15, -0.1) is 0 Å². The Bertz CT molecular complexity index is 753. The molecule has 0 saturated heterocycles. The van der Waals surface area contributed by atoms with Crippen molar-refractivity contribution >= 4 is 0 Å². The maximum atomic E-state index is 4.60. The Balaban J connectivity index is 2.09. The summed E-state index contributed by atoms with van der Waals surface area (Å²) < 4.78 is 0. The van der Waals surface area contributed by atoms with Crippen LogP contribution in [0.4, 0.5) is 0 Å². The Hall–Kier alpha value is -2.62. The average Bonchev–Trinajstić information content (AvgIpc) is 2.48. The van der Waals surface area contributed by atoms with Crippen molar-refractivity contribution in [3.05, 3.63) is 60.2 Å². The van der Waals surface area contributed by atoms with Crippen LogP contribution in [0, 0.1) is 13.8 Å². The van der Waals surface area contributed by atoms with E-state index in [9.17, 15) is 0 Å². The van der Waals surface area contributed by atoms with E-state index in [-0.39, 0.29) is 0 Å². The smallest absolute Gasteiger partial charge is 0.178 e. The molecule has 0 fully saturated rings. The number of hydrogen-bond acceptors (Lipinski definition) is 4.